The highest BCUT2D eigenvalue weighted by molar-refractivity contribution is 7.16. The summed E-state index contributed by atoms with van der Waals surface area (Å²) >= 11 is 0. The van der Waals surface area contributed by atoms with E-state index in [4.69, 9.17) is 4.74 Å². The van der Waals surface area contributed by atoms with E-state index in [1.807, 2.05) is 6.07 Å². The second-order valence-electron chi connectivity index (χ2n) is 8.28. The van der Waals surface area contributed by atoms with E-state index < -0.39 is 8.07 Å². The number of benzene rings is 3. The Hall–Kier alpha value is -2.84. The van der Waals surface area contributed by atoms with Crippen molar-refractivity contribution in [1.29, 1.82) is 0 Å². The van der Waals surface area contributed by atoms with Crippen molar-refractivity contribution in [1.82, 2.24) is 0 Å². The first kappa shape index (κ1) is 20.4. The molecule has 1 atom stereocenters. The van der Waals surface area contributed by atoms with Gasteiger partial charge in [-0.2, -0.15) is 0 Å². The lowest BCUT2D eigenvalue weighted by Crippen LogP contribution is -2.69. The number of allylic oxidation sites excluding steroid dienone is 4. The van der Waals surface area contributed by atoms with Crippen molar-refractivity contribution >= 4 is 23.6 Å². The molecule has 1 nitrogen and oxygen atoms in total. The molecule has 1 aliphatic carbocycles. The summed E-state index contributed by atoms with van der Waals surface area (Å²) in [6, 6.07) is 31.1. The maximum Gasteiger partial charge on any atom is 0.176 e. The first-order chi connectivity index (χ1) is 14.5. The van der Waals surface area contributed by atoms with Gasteiger partial charge < -0.3 is 4.74 Å². The van der Waals surface area contributed by atoms with Gasteiger partial charge >= 0.3 is 0 Å². The maximum absolute atomic E-state index is 5.68. The summed E-state index contributed by atoms with van der Waals surface area (Å²) in [4.78, 5) is 0. The standard InChI is InChI=1S/C28H30OSi/c1-20-21(2)23(4)28(22(20)3)30(25-14-8-6-9-15-25,26-16-10-7-11-17-26)27-18-12-13-24(19-27)29-5/h6-19,22H,1-5H3. The zero-order chi connectivity index (χ0) is 21.3. The van der Waals surface area contributed by atoms with Gasteiger partial charge in [-0.1, -0.05) is 96.1 Å². The number of methoxy groups -OCH3 is 1. The molecule has 152 valence electrons. The van der Waals surface area contributed by atoms with E-state index in [0.29, 0.717) is 5.92 Å². The monoisotopic (exact) mass is 410 g/mol. The summed E-state index contributed by atoms with van der Waals surface area (Å²) in [6.07, 6.45) is 0. The molecule has 1 unspecified atom stereocenters. The van der Waals surface area contributed by atoms with Crippen molar-refractivity contribution in [3.8, 4) is 5.75 Å². The zero-order valence-electron chi connectivity index (χ0n) is 18.6. The highest BCUT2D eigenvalue weighted by atomic mass is 28.3. The molecule has 1 aliphatic rings. The first-order valence-corrected chi connectivity index (χ1v) is 12.7. The van der Waals surface area contributed by atoms with Crippen LogP contribution < -0.4 is 20.3 Å². The van der Waals surface area contributed by atoms with Gasteiger partial charge in [-0.15, -0.1) is 0 Å². The third-order valence-electron chi connectivity index (χ3n) is 6.96. The van der Waals surface area contributed by atoms with Gasteiger partial charge in [0.05, 0.1) is 7.11 Å². The second-order valence-corrected chi connectivity index (χ2v) is 12.1. The van der Waals surface area contributed by atoms with Crippen LogP contribution in [0.1, 0.15) is 27.7 Å². The van der Waals surface area contributed by atoms with Crippen LogP contribution >= 0.6 is 0 Å². The minimum absolute atomic E-state index is 0.420. The van der Waals surface area contributed by atoms with Crippen molar-refractivity contribution in [2.45, 2.75) is 27.7 Å². The SMILES string of the molecule is COc1cccc([Si](C2=C(C)C(C)=C(C)C2C)(c2ccccc2)c2ccccc2)c1. The summed E-state index contributed by atoms with van der Waals surface area (Å²) in [5.74, 6) is 1.34. The van der Waals surface area contributed by atoms with E-state index >= 15 is 0 Å². The Morgan fingerprint density at radius 2 is 1.20 bits per heavy atom. The van der Waals surface area contributed by atoms with Crippen LogP contribution in [0.15, 0.2) is 107 Å². The summed E-state index contributed by atoms with van der Waals surface area (Å²) < 4.78 is 5.68. The van der Waals surface area contributed by atoms with Gasteiger partial charge in [-0.3, -0.25) is 0 Å². The van der Waals surface area contributed by atoms with Crippen LogP contribution in [0.4, 0.5) is 0 Å². The third kappa shape index (κ3) is 3.07. The Kier molecular flexibility index (Phi) is 5.53. The molecule has 4 rings (SSSR count). The molecular formula is C28H30OSi. The fourth-order valence-electron chi connectivity index (χ4n) is 5.17. The van der Waals surface area contributed by atoms with E-state index in [2.05, 4.69) is 107 Å². The van der Waals surface area contributed by atoms with E-state index in [1.165, 1.54) is 32.3 Å². The summed E-state index contributed by atoms with van der Waals surface area (Å²) in [6.45, 7) is 9.30. The number of hydrogen-bond donors (Lipinski definition) is 0. The largest absolute Gasteiger partial charge is 0.497 e. The zero-order valence-corrected chi connectivity index (χ0v) is 19.6. The van der Waals surface area contributed by atoms with Gasteiger partial charge in [0, 0.05) is 0 Å². The smallest absolute Gasteiger partial charge is 0.176 e. The Balaban J connectivity index is 2.16. The van der Waals surface area contributed by atoms with Crippen molar-refractivity contribution in [3.05, 3.63) is 107 Å². The van der Waals surface area contributed by atoms with Crippen molar-refractivity contribution in [3.63, 3.8) is 0 Å². The quantitative estimate of drug-likeness (QED) is 0.424. The van der Waals surface area contributed by atoms with Gasteiger partial charge in [-0.25, -0.2) is 0 Å². The number of ether oxygens (including phenoxy) is 1. The van der Waals surface area contributed by atoms with E-state index in [1.54, 1.807) is 12.3 Å². The highest BCUT2D eigenvalue weighted by Crippen LogP contribution is 2.41. The lowest BCUT2D eigenvalue weighted by molar-refractivity contribution is 0.415. The summed E-state index contributed by atoms with van der Waals surface area (Å²) in [5.41, 5.74) is 4.40. The molecule has 0 N–H and O–H groups in total. The molecule has 30 heavy (non-hydrogen) atoms. The Labute approximate surface area is 181 Å². The summed E-state index contributed by atoms with van der Waals surface area (Å²) in [5, 5.41) is 5.83. The second kappa shape index (κ2) is 8.12. The van der Waals surface area contributed by atoms with Crippen LogP contribution in [0.25, 0.3) is 0 Å². The van der Waals surface area contributed by atoms with Crippen LogP contribution in [0.5, 0.6) is 5.75 Å². The summed E-state index contributed by atoms with van der Waals surface area (Å²) in [7, 11) is -0.734. The molecule has 0 bridgehead atoms. The van der Waals surface area contributed by atoms with Gasteiger partial charge in [-0.05, 0) is 60.0 Å². The number of rotatable bonds is 5. The third-order valence-corrected chi connectivity index (χ3v) is 12.2. The average Bonchev–Trinajstić information content (AvgIpc) is 2.99. The molecule has 3 aromatic rings. The molecule has 3 aromatic carbocycles. The van der Waals surface area contributed by atoms with Gasteiger partial charge in [0.25, 0.3) is 0 Å². The number of hydrogen-bond acceptors (Lipinski definition) is 1. The molecule has 2 heteroatoms. The van der Waals surface area contributed by atoms with Crippen LogP contribution in [0.2, 0.25) is 0 Å². The van der Waals surface area contributed by atoms with Crippen molar-refractivity contribution in [2.75, 3.05) is 7.11 Å². The lowest BCUT2D eigenvalue weighted by Gasteiger charge is -2.38. The molecule has 0 saturated carbocycles. The molecule has 0 fully saturated rings. The minimum atomic E-state index is -2.49. The molecule has 0 aromatic heterocycles. The van der Waals surface area contributed by atoms with E-state index in [0.717, 1.165) is 5.75 Å². The van der Waals surface area contributed by atoms with Crippen LogP contribution in [0, 0.1) is 5.92 Å². The van der Waals surface area contributed by atoms with Crippen molar-refractivity contribution in [2.24, 2.45) is 5.92 Å². The lowest BCUT2D eigenvalue weighted by atomic mass is 10.1. The van der Waals surface area contributed by atoms with E-state index in [9.17, 15) is 0 Å². The Morgan fingerprint density at radius 3 is 1.67 bits per heavy atom. The maximum atomic E-state index is 5.68. The van der Waals surface area contributed by atoms with Crippen LogP contribution in [0.3, 0.4) is 0 Å². The molecule has 0 radical (unpaired) electrons. The molecule has 0 saturated heterocycles. The van der Waals surface area contributed by atoms with Gasteiger partial charge in [0.15, 0.2) is 8.07 Å². The fraction of sp³-hybridized carbons (Fsp3) is 0.214. The van der Waals surface area contributed by atoms with E-state index in [-0.39, 0.29) is 0 Å². The van der Waals surface area contributed by atoms with Crippen LogP contribution in [-0.2, 0) is 0 Å². The normalized spacial score (nSPS) is 16.9. The molecule has 0 aliphatic heterocycles. The average molecular weight is 411 g/mol. The van der Waals surface area contributed by atoms with Crippen LogP contribution in [-0.4, -0.2) is 15.2 Å². The Morgan fingerprint density at radius 1 is 0.667 bits per heavy atom. The van der Waals surface area contributed by atoms with Gasteiger partial charge in [0.1, 0.15) is 5.75 Å². The Bertz CT molecular complexity index is 1070. The highest BCUT2D eigenvalue weighted by Gasteiger charge is 2.47. The molecule has 0 spiro atoms. The van der Waals surface area contributed by atoms with Gasteiger partial charge in [0.2, 0.25) is 0 Å². The predicted octanol–water partition coefficient (Wildman–Crippen LogP) is 5.01. The van der Waals surface area contributed by atoms with Crippen molar-refractivity contribution < 1.29 is 4.74 Å². The fourth-order valence-corrected chi connectivity index (χ4v) is 10.8. The minimum Gasteiger partial charge on any atom is -0.497 e. The topological polar surface area (TPSA) is 9.23 Å². The molecule has 0 amide bonds. The molecular weight excluding hydrogens is 380 g/mol. The molecule has 0 heterocycles. The predicted molar refractivity (Wildman–Crippen MR) is 131 cm³/mol. The first-order valence-electron chi connectivity index (χ1n) is 10.7.